The molecule has 1 unspecified atom stereocenters. The standard InChI is InChI=1S/C44H56N8O6/c1-24(2)36(49-43(55)57-6)41(53)51-20-8-9-34(51)39-45-22-32(47-39)29-16-12-27(13-17-29)28-14-18-30(19-15-28)33-23-46-40(48-33)38-31-11-10-26(5)35(21-31)52(38)42(54)37(25(3)4)50-44(56)58-7/h12-19,22-26,31,34-38H,8-11,20-21H2,1-7H3,(H,45,47)(H,46,48)(H,49,55)(H,50,56)/t26?,31-,34-,35-,36-,37-,38-/m0/s1. The maximum Gasteiger partial charge on any atom is 0.407 e. The van der Waals surface area contributed by atoms with E-state index in [4.69, 9.17) is 14.5 Å². The highest BCUT2D eigenvalue weighted by molar-refractivity contribution is 5.87. The van der Waals surface area contributed by atoms with Crippen LogP contribution in [0.3, 0.4) is 0 Å². The molecule has 4 N–H and O–H groups in total. The fourth-order valence-corrected chi connectivity index (χ4v) is 9.12. The second-order valence-electron chi connectivity index (χ2n) is 16.7. The number of nitrogens with one attached hydrogen (secondary N) is 4. The van der Waals surface area contributed by atoms with Gasteiger partial charge in [-0.25, -0.2) is 19.6 Å². The molecule has 2 aliphatic heterocycles. The van der Waals surface area contributed by atoms with E-state index in [0.717, 1.165) is 77.4 Å². The van der Waals surface area contributed by atoms with E-state index >= 15 is 0 Å². The number of amides is 4. The van der Waals surface area contributed by atoms with Gasteiger partial charge in [-0.15, -0.1) is 0 Å². The molecule has 1 saturated carbocycles. The molecule has 7 atom stereocenters. The quantitative estimate of drug-likeness (QED) is 0.123. The van der Waals surface area contributed by atoms with Crippen molar-refractivity contribution in [1.82, 2.24) is 40.4 Å². The molecule has 0 radical (unpaired) electrons. The summed E-state index contributed by atoms with van der Waals surface area (Å²) in [6.07, 6.45) is 7.04. The monoisotopic (exact) mass is 792 g/mol. The summed E-state index contributed by atoms with van der Waals surface area (Å²) in [4.78, 5) is 72.3. The Bertz CT molecular complexity index is 2090. The molecule has 4 heterocycles. The van der Waals surface area contributed by atoms with Crippen molar-refractivity contribution >= 4 is 24.0 Å². The average molecular weight is 793 g/mol. The molecule has 4 aromatic rings. The van der Waals surface area contributed by atoms with Crippen LogP contribution < -0.4 is 10.6 Å². The van der Waals surface area contributed by atoms with Crippen molar-refractivity contribution in [3.63, 3.8) is 0 Å². The molecule has 2 bridgehead atoms. The van der Waals surface area contributed by atoms with Crippen LogP contribution in [0.2, 0.25) is 0 Å². The summed E-state index contributed by atoms with van der Waals surface area (Å²) in [7, 11) is 2.60. The third-order valence-electron chi connectivity index (χ3n) is 12.4. The Morgan fingerprint density at radius 1 is 0.707 bits per heavy atom. The molecule has 3 aliphatic rings. The Morgan fingerprint density at radius 3 is 1.74 bits per heavy atom. The number of ether oxygens (including phenoxy) is 2. The molecule has 4 amide bonds. The first kappa shape index (κ1) is 40.5. The number of fused-ring (bicyclic) bond motifs is 2. The highest BCUT2D eigenvalue weighted by Gasteiger charge is 2.51. The minimum absolute atomic E-state index is 0.0839. The summed E-state index contributed by atoms with van der Waals surface area (Å²) >= 11 is 0. The Labute approximate surface area is 339 Å². The van der Waals surface area contributed by atoms with Gasteiger partial charge in [-0.05, 0) is 78.0 Å². The van der Waals surface area contributed by atoms with Crippen molar-refractivity contribution < 1.29 is 28.7 Å². The molecule has 2 aromatic heterocycles. The molecule has 1 aliphatic carbocycles. The molecular weight excluding hydrogens is 737 g/mol. The molecule has 7 rings (SSSR count). The number of aromatic nitrogens is 4. The highest BCUT2D eigenvalue weighted by atomic mass is 16.5. The van der Waals surface area contributed by atoms with E-state index in [9.17, 15) is 19.2 Å². The van der Waals surface area contributed by atoms with Crippen LogP contribution in [0.1, 0.15) is 90.5 Å². The molecule has 14 heteroatoms. The Kier molecular flexibility index (Phi) is 11.9. The summed E-state index contributed by atoms with van der Waals surface area (Å²) in [6.45, 7) is 10.5. The zero-order valence-electron chi connectivity index (χ0n) is 34.5. The van der Waals surface area contributed by atoms with Crippen molar-refractivity contribution in [1.29, 1.82) is 0 Å². The van der Waals surface area contributed by atoms with E-state index in [-0.39, 0.29) is 47.7 Å². The molecule has 14 nitrogen and oxygen atoms in total. The second-order valence-corrected chi connectivity index (χ2v) is 16.7. The van der Waals surface area contributed by atoms with Crippen molar-refractivity contribution in [2.24, 2.45) is 23.7 Å². The topological polar surface area (TPSA) is 175 Å². The number of nitrogens with zero attached hydrogens (tertiary/aromatic N) is 4. The largest absolute Gasteiger partial charge is 0.453 e. The number of alkyl carbamates (subject to hydrolysis) is 2. The summed E-state index contributed by atoms with van der Waals surface area (Å²) < 4.78 is 9.62. The van der Waals surface area contributed by atoms with Gasteiger partial charge in [0.05, 0.1) is 50.1 Å². The van der Waals surface area contributed by atoms with E-state index < -0.39 is 24.3 Å². The van der Waals surface area contributed by atoms with Gasteiger partial charge in [0.2, 0.25) is 11.8 Å². The Morgan fingerprint density at radius 2 is 1.21 bits per heavy atom. The normalized spacial score (nSPS) is 22.5. The smallest absolute Gasteiger partial charge is 0.407 e. The molecule has 3 fully saturated rings. The van der Waals surface area contributed by atoms with Gasteiger partial charge < -0.3 is 39.9 Å². The van der Waals surface area contributed by atoms with E-state index in [0.29, 0.717) is 12.5 Å². The maximum absolute atomic E-state index is 14.2. The Hall–Kier alpha value is -5.66. The SMILES string of the molecule is COC(=O)N[C@H](C(=O)N1CCC[C@H]1c1ncc(-c2ccc(-c3ccc(-c4cnc([C@@H]5[C@H]6CCC(C)[C@H](C6)N5C(=O)[C@@H](NC(=O)OC)C(C)C)[nH]4)cc3)cc2)[nH]1)C(C)C. The number of benzene rings is 2. The number of H-pyrrole nitrogens is 2. The van der Waals surface area contributed by atoms with Gasteiger partial charge in [-0.3, -0.25) is 9.59 Å². The van der Waals surface area contributed by atoms with Crippen molar-refractivity contribution in [2.45, 2.75) is 96.9 Å². The lowest BCUT2D eigenvalue weighted by molar-refractivity contribution is -0.138. The lowest BCUT2D eigenvalue weighted by atomic mass is 9.81. The first-order chi connectivity index (χ1) is 27.9. The van der Waals surface area contributed by atoms with Crippen LogP contribution >= 0.6 is 0 Å². The number of hydrogen-bond donors (Lipinski definition) is 4. The number of carbonyl (C=O) groups excluding carboxylic acids is 4. The first-order valence-corrected chi connectivity index (χ1v) is 20.5. The lowest BCUT2D eigenvalue weighted by Gasteiger charge is -2.35. The average Bonchev–Trinajstić information content (AvgIpc) is 4.06. The van der Waals surface area contributed by atoms with Crippen molar-refractivity contribution in [3.05, 3.63) is 72.6 Å². The second kappa shape index (κ2) is 17.1. The van der Waals surface area contributed by atoms with E-state index in [1.807, 2.05) is 43.7 Å². The number of carbonyl (C=O) groups is 4. The minimum atomic E-state index is -0.698. The zero-order valence-corrected chi connectivity index (χ0v) is 34.5. The predicted octanol–water partition coefficient (Wildman–Crippen LogP) is 7.25. The third kappa shape index (κ3) is 8.06. The molecule has 2 saturated heterocycles. The van der Waals surface area contributed by atoms with Gasteiger partial charge in [0.1, 0.15) is 23.7 Å². The summed E-state index contributed by atoms with van der Waals surface area (Å²) in [5.41, 5.74) is 5.83. The number of methoxy groups -OCH3 is 2. The number of rotatable bonds is 11. The molecule has 58 heavy (non-hydrogen) atoms. The number of likely N-dealkylation sites (tertiary alicyclic amines) is 2. The van der Waals surface area contributed by atoms with Crippen molar-refractivity contribution in [3.8, 4) is 33.6 Å². The van der Waals surface area contributed by atoms with Gasteiger partial charge in [0, 0.05) is 12.6 Å². The van der Waals surface area contributed by atoms with Crippen LogP contribution in [0.4, 0.5) is 9.59 Å². The number of imidazole rings is 2. The fraction of sp³-hybridized carbons (Fsp3) is 0.500. The number of aromatic amines is 2. The summed E-state index contributed by atoms with van der Waals surface area (Å²) in [5.74, 6) is 1.69. The number of hydrogen-bond acceptors (Lipinski definition) is 8. The van der Waals surface area contributed by atoms with Crippen LogP contribution in [-0.4, -0.2) is 92.6 Å². The first-order valence-electron chi connectivity index (χ1n) is 20.5. The van der Waals surface area contributed by atoms with Crippen LogP contribution in [0.5, 0.6) is 0 Å². The van der Waals surface area contributed by atoms with Crippen LogP contribution in [0.15, 0.2) is 60.9 Å². The fourth-order valence-electron chi connectivity index (χ4n) is 9.12. The van der Waals surface area contributed by atoms with Gasteiger partial charge in [0.25, 0.3) is 0 Å². The minimum Gasteiger partial charge on any atom is -0.453 e. The van der Waals surface area contributed by atoms with Gasteiger partial charge in [-0.2, -0.15) is 0 Å². The maximum atomic E-state index is 14.2. The summed E-state index contributed by atoms with van der Waals surface area (Å²) in [6, 6.07) is 14.9. The zero-order chi connectivity index (χ0) is 41.2. The van der Waals surface area contributed by atoms with Crippen LogP contribution in [0, 0.1) is 23.7 Å². The molecule has 0 spiro atoms. The van der Waals surface area contributed by atoms with Gasteiger partial charge >= 0.3 is 12.2 Å². The van der Waals surface area contributed by atoms with Gasteiger partial charge in [-0.1, -0.05) is 83.1 Å². The summed E-state index contributed by atoms with van der Waals surface area (Å²) in [5, 5.41) is 5.49. The molecule has 308 valence electrons. The van der Waals surface area contributed by atoms with Gasteiger partial charge in [0.15, 0.2) is 0 Å². The van der Waals surface area contributed by atoms with Crippen LogP contribution in [0.25, 0.3) is 33.6 Å². The van der Waals surface area contributed by atoms with E-state index in [1.165, 1.54) is 14.2 Å². The Balaban J connectivity index is 1.04. The predicted molar refractivity (Wildman–Crippen MR) is 219 cm³/mol. The van der Waals surface area contributed by atoms with E-state index in [1.54, 1.807) is 6.20 Å². The molecular formula is C44H56N8O6. The lowest BCUT2D eigenvalue weighted by Crippen LogP contribution is -2.53. The molecule has 2 aromatic carbocycles. The third-order valence-corrected chi connectivity index (χ3v) is 12.4. The van der Waals surface area contributed by atoms with Crippen molar-refractivity contribution in [2.75, 3.05) is 20.8 Å². The highest BCUT2D eigenvalue weighted by Crippen LogP contribution is 2.50. The van der Waals surface area contributed by atoms with Crippen LogP contribution in [-0.2, 0) is 19.1 Å². The van der Waals surface area contributed by atoms with E-state index in [2.05, 4.69) is 81.0 Å².